The van der Waals surface area contributed by atoms with E-state index in [9.17, 15) is 18.0 Å². The average molecular weight is 375 g/mol. The Morgan fingerprint density at radius 3 is 2.23 bits per heavy atom. The zero-order valence-electron chi connectivity index (χ0n) is 14.6. The molecule has 0 spiro atoms. The summed E-state index contributed by atoms with van der Waals surface area (Å²) < 4.78 is 22.4. The molecule has 4 N–H and O–H groups in total. The zero-order chi connectivity index (χ0) is 19.3. The second-order valence-electron chi connectivity index (χ2n) is 5.97. The van der Waals surface area contributed by atoms with Gasteiger partial charge in [0.2, 0.25) is 10.0 Å². The molecule has 0 fully saturated rings. The van der Waals surface area contributed by atoms with Gasteiger partial charge in [0.1, 0.15) is 0 Å². The van der Waals surface area contributed by atoms with Crippen LogP contribution in [-0.4, -0.2) is 26.8 Å². The summed E-state index contributed by atoms with van der Waals surface area (Å²) in [6.07, 6.45) is 0.452. The summed E-state index contributed by atoms with van der Waals surface area (Å²) >= 11 is 0. The predicted molar refractivity (Wildman–Crippen MR) is 99.1 cm³/mol. The van der Waals surface area contributed by atoms with Crippen LogP contribution in [0, 0.1) is 13.8 Å². The molecular weight excluding hydrogens is 354 g/mol. The van der Waals surface area contributed by atoms with Gasteiger partial charge in [0.25, 0.3) is 0 Å². The number of nitrogens with two attached hydrogens (primary N) is 1. The molecule has 0 aliphatic heterocycles. The van der Waals surface area contributed by atoms with E-state index in [2.05, 4.69) is 10.6 Å². The van der Waals surface area contributed by atoms with Gasteiger partial charge in [-0.3, -0.25) is 9.59 Å². The molecule has 7 nitrogen and oxygen atoms in total. The van der Waals surface area contributed by atoms with Crippen LogP contribution in [0.15, 0.2) is 47.4 Å². The Morgan fingerprint density at radius 1 is 1.00 bits per heavy atom. The van der Waals surface area contributed by atoms with E-state index in [-0.39, 0.29) is 11.4 Å². The quantitative estimate of drug-likeness (QED) is 0.682. The lowest BCUT2D eigenvalue weighted by atomic mass is 10.1. The normalized spacial score (nSPS) is 11.0. The van der Waals surface area contributed by atoms with Gasteiger partial charge < -0.3 is 10.6 Å². The molecule has 2 aromatic rings. The van der Waals surface area contributed by atoms with Gasteiger partial charge in [0.05, 0.1) is 4.90 Å². The van der Waals surface area contributed by atoms with Gasteiger partial charge in [-0.05, 0) is 49.6 Å². The minimum atomic E-state index is -3.72. The van der Waals surface area contributed by atoms with Crippen LogP contribution in [0.1, 0.15) is 16.7 Å². The molecule has 0 atom stereocenters. The van der Waals surface area contributed by atoms with E-state index >= 15 is 0 Å². The van der Waals surface area contributed by atoms with E-state index in [1.54, 1.807) is 18.2 Å². The fourth-order valence-corrected chi connectivity index (χ4v) is 2.89. The lowest BCUT2D eigenvalue weighted by molar-refractivity contribution is -0.136. The highest BCUT2D eigenvalue weighted by Gasteiger charge is 2.14. The van der Waals surface area contributed by atoms with Crippen molar-refractivity contribution < 1.29 is 18.0 Å². The van der Waals surface area contributed by atoms with Gasteiger partial charge in [0.15, 0.2) is 0 Å². The number of amides is 2. The third-order valence-electron chi connectivity index (χ3n) is 3.79. The van der Waals surface area contributed by atoms with Crippen molar-refractivity contribution in [3.8, 4) is 0 Å². The Balaban J connectivity index is 1.85. The second kappa shape index (κ2) is 8.11. The molecule has 0 unspecified atom stereocenters. The maximum absolute atomic E-state index is 11.9. The van der Waals surface area contributed by atoms with E-state index in [0.717, 1.165) is 16.7 Å². The number of carbonyl (C=O) groups excluding carboxylic acids is 2. The predicted octanol–water partition coefficient (Wildman–Crippen LogP) is 1.25. The highest BCUT2D eigenvalue weighted by atomic mass is 32.2. The lowest BCUT2D eigenvalue weighted by Gasteiger charge is -2.09. The maximum atomic E-state index is 11.9. The van der Waals surface area contributed by atoms with Crippen molar-refractivity contribution in [3.63, 3.8) is 0 Å². The van der Waals surface area contributed by atoms with Gasteiger partial charge in [-0.25, -0.2) is 13.6 Å². The van der Waals surface area contributed by atoms with E-state index < -0.39 is 21.8 Å². The van der Waals surface area contributed by atoms with Crippen molar-refractivity contribution in [1.29, 1.82) is 0 Å². The minimum absolute atomic E-state index is 0.0260. The Bertz CT molecular complexity index is 922. The molecule has 8 heteroatoms. The summed E-state index contributed by atoms with van der Waals surface area (Å²) in [6.45, 7) is 4.04. The molecule has 0 aromatic heterocycles. The molecule has 0 bridgehead atoms. The van der Waals surface area contributed by atoms with Gasteiger partial charge >= 0.3 is 11.8 Å². The molecule has 0 heterocycles. The van der Waals surface area contributed by atoms with Crippen LogP contribution in [0.4, 0.5) is 5.69 Å². The summed E-state index contributed by atoms with van der Waals surface area (Å²) in [6, 6.07) is 11.6. The number of nitrogens with one attached hydrogen (secondary N) is 2. The third-order valence-corrected chi connectivity index (χ3v) is 4.72. The molecule has 0 aliphatic rings. The lowest BCUT2D eigenvalue weighted by Crippen LogP contribution is -2.36. The summed E-state index contributed by atoms with van der Waals surface area (Å²) in [4.78, 5) is 23.9. The first-order chi connectivity index (χ1) is 12.2. The van der Waals surface area contributed by atoms with Crippen LogP contribution in [0.5, 0.6) is 0 Å². The molecule has 0 saturated heterocycles. The molecule has 2 aromatic carbocycles. The van der Waals surface area contributed by atoms with Gasteiger partial charge in [-0.15, -0.1) is 0 Å². The molecule has 26 heavy (non-hydrogen) atoms. The summed E-state index contributed by atoms with van der Waals surface area (Å²) in [5, 5.41) is 10.1. The van der Waals surface area contributed by atoms with Crippen molar-refractivity contribution in [2.24, 2.45) is 5.14 Å². The third kappa shape index (κ3) is 5.40. The monoisotopic (exact) mass is 375 g/mol. The fraction of sp³-hybridized carbons (Fsp3) is 0.222. The van der Waals surface area contributed by atoms with Crippen molar-refractivity contribution in [2.75, 3.05) is 11.9 Å². The van der Waals surface area contributed by atoms with Crippen molar-refractivity contribution in [1.82, 2.24) is 5.32 Å². The molecule has 0 aliphatic carbocycles. The number of rotatable bonds is 5. The number of aryl methyl sites for hydroxylation is 2. The number of sulfonamides is 1. The van der Waals surface area contributed by atoms with Crippen molar-refractivity contribution in [2.45, 2.75) is 25.2 Å². The van der Waals surface area contributed by atoms with Gasteiger partial charge in [-0.2, -0.15) is 0 Å². The van der Waals surface area contributed by atoms with Crippen molar-refractivity contribution in [3.05, 3.63) is 59.2 Å². The number of primary sulfonamides is 1. The Hall–Kier alpha value is -2.71. The second-order valence-corrected chi connectivity index (χ2v) is 7.53. The Labute approximate surface area is 152 Å². The smallest absolute Gasteiger partial charge is 0.313 e. The first-order valence-corrected chi connectivity index (χ1v) is 9.49. The highest BCUT2D eigenvalue weighted by molar-refractivity contribution is 7.89. The maximum Gasteiger partial charge on any atom is 0.313 e. The van der Waals surface area contributed by atoms with Crippen LogP contribution < -0.4 is 15.8 Å². The number of anilines is 1. The molecule has 0 radical (unpaired) electrons. The highest BCUT2D eigenvalue weighted by Crippen LogP contribution is 2.15. The van der Waals surface area contributed by atoms with Crippen molar-refractivity contribution >= 4 is 27.5 Å². The SMILES string of the molecule is Cc1ccc(NC(=O)C(=O)NCCc2ccc(S(N)(=O)=O)cc2)c(C)c1. The first-order valence-electron chi connectivity index (χ1n) is 7.95. The number of benzene rings is 2. The molecular formula is C18H21N3O4S. The van der Waals surface area contributed by atoms with Gasteiger partial charge in [0, 0.05) is 12.2 Å². The van der Waals surface area contributed by atoms with E-state index in [4.69, 9.17) is 5.14 Å². The van der Waals surface area contributed by atoms with Crippen LogP contribution in [0.3, 0.4) is 0 Å². The summed E-state index contributed by atoms with van der Waals surface area (Å²) in [5.74, 6) is -1.47. The van der Waals surface area contributed by atoms with Crippen LogP contribution in [-0.2, 0) is 26.0 Å². The standard InChI is InChI=1S/C18H21N3O4S/c1-12-3-8-16(13(2)11-12)21-18(23)17(22)20-10-9-14-4-6-15(7-5-14)26(19,24)25/h3-8,11H,9-10H2,1-2H3,(H,20,22)(H,21,23)(H2,19,24,25). The number of hydrogen-bond acceptors (Lipinski definition) is 4. The molecule has 2 amide bonds. The topological polar surface area (TPSA) is 118 Å². The Morgan fingerprint density at radius 2 is 1.65 bits per heavy atom. The number of hydrogen-bond donors (Lipinski definition) is 3. The summed E-state index contributed by atoms with van der Waals surface area (Å²) in [5.41, 5.74) is 3.35. The molecule has 0 saturated carbocycles. The average Bonchev–Trinajstić information content (AvgIpc) is 2.57. The van der Waals surface area contributed by atoms with E-state index in [1.165, 1.54) is 12.1 Å². The zero-order valence-corrected chi connectivity index (χ0v) is 15.4. The van der Waals surface area contributed by atoms with Crippen LogP contribution in [0.25, 0.3) is 0 Å². The Kier molecular flexibility index (Phi) is 6.12. The summed E-state index contributed by atoms with van der Waals surface area (Å²) in [7, 11) is -3.72. The van der Waals surface area contributed by atoms with E-state index in [0.29, 0.717) is 12.1 Å². The first kappa shape index (κ1) is 19.6. The minimum Gasteiger partial charge on any atom is -0.347 e. The van der Waals surface area contributed by atoms with E-state index in [1.807, 2.05) is 26.0 Å². The largest absolute Gasteiger partial charge is 0.347 e. The van der Waals surface area contributed by atoms with Crippen LogP contribution in [0.2, 0.25) is 0 Å². The van der Waals surface area contributed by atoms with Gasteiger partial charge in [-0.1, -0.05) is 29.8 Å². The fourth-order valence-electron chi connectivity index (χ4n) is 2.38. The number of carbonyl (C=O) groups is 2. The molecule has 138 valence electrons. The molecule has 2 rings (SSSR count). The van der Waals surface area contributed by atoms with Crippen LogP contribution >= 0.6 is 0 Å².